The van der Waals surface area contributed by atoms with Gasteiger partial charge < -0.3 is 25.8 Å². The number of hydrogen-bond donors (Lipinski definition) is 4. The first-order chi connectivity index (χ1) is 13.1. The van der Waals surface area contributed by atoms with Crippen LogP contribution in [0.2, 0.25) is 0 Å². The number of hydrogen-bond acceptors (Lipinski definition) is 6. The van der Waals surface area contributed by atoms with Crippen molar-refractivity contribution in [1.29, 1.82) is 0 Å². The molecule has 1 aromatic rings. The number of rotatable bonds is 12. The zero-order chi connectivity index (χ0) is 21.3. The topological polar surface area (TPSA) is 148 Å². The predicted octanol–water partition coefficient (Wildman–Crippen LogP) is 2.19. The Morgan fingerprint density at radius 1 is 1.21 bits per heavy atom. The molecule has 0 spiro atoms. The fourth-order valence-electron chi connectivity index (χ4n) is 2.53. The SMILES string of the molecule is COc1ccc(C(=O)NC(C(C)C)P(=O)(O)OC(CCCCN)C(=O)O)cc1. The van der Waals surface area contributed by atoms with Crippen molar-refractivity contribution < 1.29 is 33.4 Å². The fourth-order valence-corrected chi connectivity index (χ4v) is 4.25. The maximum atomic E-state index is 12.8. The van der Waals surface area contributed by atoms with E-state index in [9.17, 15) is 24.2 Å². The summed E-state index contributed by atoms with van der Waals surface area (Å²) in [4.78, 5) is 34.3. The maximum absolute atomic E-state index is 12.8. The van der Waals surface area contributed by atoms with Gasteiger partial charge in [0.15, 0.2) is 6.10 Å². The minimum atomic E-state index is -4.48. The summed E-state index contributed by atoms with van der Waals surface area (Å²) >= 11 is 0. The average molecular weight is 416 g/mol. The van der Waals surface area contributed by atoms with E-state index in [1.165, 1.54) is 19.2 Å². The lowest BCUT2D eigenvalue weighted by molar-refractivity contribution is -0.145. The van der Waals surface area contributed by atoms with Gasteiger partial charge in [-0.3, -0.25) is 13.9 Å². The van der Waals surface area contributed by atoms with Gasteiger partial charge in [0.25, 0.3) is 5.91 Å². The van der Waals surface area contributed by atoms with Crippen molar-refractivity contribution in [2.75, 3.05) is 13.7 Å². The minimum Gasteiger partial charge on any atom is -0.497 e. The first kappa shape index (κ1) is 24.1. The summed E-state index contributed by atoms with van der Waals surface area (Å²) in [5, 5.41) is 11.8. The van der Waals surface area contributed by atoms with Crippen molar-refractivity contribution in [3.05, 3.63) is 29.8 Å². The Bertz CT molecular complexity index is 694. The van der Waals surface area contributed by atoms with Crippen LogP contribution in [0.1, 0.15) is 43.5 Å². The van der Waals surface area contributed by atoms with Crippen molar-refractivity contribution >= 4 is 19.5 Å². The third-order valence-corrected chi connectivity index (χ3v) is 6.07. The molecule has 0 bridgehead atoms. The largest absolute Gasteiger partial charge is 0.497 e. The molecule has 3 atom stereocenters. The second kappa shape index (κ2) is 11.2. The second-order valence-corrected chi connectivity index (χ2v) is 8.57. The number of nitrogens with two attached hydrogens (primary N) is 1. The van der Waals surface area contributed by atoms with Crippen LogP contribution in [-0.4, -0.2) is 47.4 Å². The van der Waals surface area contributed by atoms with Crippen molar-refractivity contribution in [3.8, 4) is 5.75 Å². The molecular weight excluding hydrogens is 387 g/mol. The summed E-state index contributed by atoms with van der Waals surface area (Å²) in [6.45, 7) is 3.65. The van der Waals surface area contributed by atoms with Crippen molar-refractivity contribution in [2.45, 2.75) is 45.0 Å². The molecular formula is C18H29N2O7P. The van der Waals surface area contributed by atoms with Crippen LogP contribution in [0, 0.1) is 5.92 Å². The lowest BCUT2D eigenvalue weighted by Gasteiger charge is -2.28. The van der Waals surface area contributed by atoms with Gasteiger partial charge in [-0.2, -0.15) is 0 Å². The highest BCUT2D eigenvalue weighted by Gasteiger charge is 2.40. The molecule has 0 aliphatic rings. The van der Waals surface area contributed by atoms with Gasteiger partial charge in [0.05, 0.1) is 7.11 Å². The molecule has 0 aliphatic carbocycles. The number of amides is 1. The summed E-state index contributed by atoms with van der Waals surface area (Å²) in [6, 6.07) is 6.21. The van der Waals surface area contributed by atoms with Crippen LogP contribution in [0.5, 0.6) is 5.75 Å². The molecule has 0 aromatic heterocycles. The molecule has 9 nitrogen and oxygen atoms in total. The number of ether oxygens (including phenoxy) is 1. The van der Waals surface area contributed by atoms with E-state index < -0.39 is 37.3 Å². The molecule has 0 fully saturated rings. The van der Waals surface area contributed by atoms with E-state index in [4.69, 9.17) is 15.0 Å². The standard InChI is InChI=1S/C18H29N2O7P/c1-12(2)17(20-16(21)13-7-9-14(26-3)10-8-13)28(24,25)27-15(18(22)23)6-4-5-11-19/h7-10,12,15,17H,4-6,11,19H2,1-3H3,(H,20,21)(H,22,23)(H,24,25). The molecule has 10 heteroatoms. The van der Waals surface area contributed by atoms with Crippen LogP contribution in [0.4, 0.5) is 0 Å². The van der Waals surface area contributed by atoms with Gasteiger partial charge in [-0.15, -0.1) is 0 Å². The van der Waals surface area contributed by atoms with Gasteiger partial charge in [-0.25, -0.2) is 4.79 Å². The Kier molecular flexibility index (Phi) is 9.61. The summed E-state index contributed by atoms with van der Waals surface area (Å²) in [6.07, 6.45) is -0.390. The van der Waals surface area contributed by atoms with E-state index in [-0.39, 0.29) is 12.0 Å². The van der Waals surface area contributed by atoms with E-state index >= 15 is 0 Å². The maximum Gasteiger partial charge on any atom is 0.351 e. The van der Waals surface area contributed by atoms with Gasteiger partial charge in [0, 0.05) is 5.56 Å². The molecule has 1 aromatic carbocycles. The number of nitrogens with one attached hydrogen (secondary N) is 1. The van der Waals surface area contributed by atoms with Crippen LogP contribution in [0.3, 0.4) is 0 Å². The Hall–Kier alpha value is -1.93. The zero-order valence-electron chi connectivity index (χ0n) is 16.3. The first-order valence-corrected chi connectivity index (χ1v) is 10.7. The van der Waals surface area contributed by atoms with Crippen LogP contribution < -0.4 is 15.8 Å². The second-order valence-electron chi connectivity index (χ2n) is 6.67. The summed E-state index contributed by atoms with van der Waals surface area (Å²) in [5.41, 5.74) is 5.65. The Morgan fingerprint density at radius 2 is 1.82 bits per heavy atom. The van der Waals surface area contributed by atoms with E-state index in [1.807, 2.05) is 0 Å². The molecule has 5 N–H and O–H groups in total. The first-order valence-electron chi connectivity index (χ1n) is 9.01. The molecule has 1 rings (SSSR count). The fraction of sp³-hybridized carbons (Fsp3) is 0.556. The normalized spacial score (nSPS) is 15.5. The Morgan fingerprint density at radius 3 is 2.29 bits per heavy atom. The highest BCUT2D eigenvalue weighted by atomic mass is 31.2. The monoisotopic (exact) mass is 416 g/mol. The van der Waals surface area contributed by atoms with Gasteiger partial charge in [-0.1, -0.05) is 13.8 Å². The van der Waals surface area contributed by atoms with E-state index in [0.717, 1.165) is 0 Å². The number of unbranched alkanes of at least 4 members (excludes halogenated alkanes) is 1. The molecule has 1 amide bonds. The number of aliphatic carboxylic acids is 1. The summed E-state index contributed by atoms with van der Waals surface area (Å²) in [7, 11) is -2.98. The van der Waals surface area contributed by atoms with Crippen LogP contribution >= 0.6 is 7.60 Å². The lowest BCUT2D eigenvalue weighted by atomic mass is 10.1. The number of methoxy groups -OCH3 is 1. The van der Waals surface area contributed by atoms with E-state index in [0.29, 0.717) is 25.1 Å². The molecule has 158 valence electrons. The third-order valence-electron chi connectivity index (χ3n) is 4.09. The van der Waals surface area contributed by atoms with E-state index in [2.05, 4.69) is 5.32 Å². The molecule has 0 saturated heterocycles. The quantitative estimate of drug-likeness (QED) is 0.299. The number of carboxylic acid groups (broad SMARTS) is 1. The number of carbonyl (C=O) groups is 2. The van der Waals surface area contributed by atoms with Crippen molar-refractivity contribution in [3.63, 3.8) is 0 Å². The number of carbonyl (C=O) groups excluding carboxylic acids is 1. The molecule has 0 heterocycles. The highest BCUT2D eigenvalue weighted by molar-refractivity contribution is 7.53. The van der Waals surface area contributed by atoms with Gasteiger partial charge >= 0.3 is 13.6 Å². The number of benzene rings is 1. The summed E-state index contributed by atoms with van der Waals surface area (Å²) < 4.78 is 22.9. The van der Waals surface area contributed by atoms with Crippen LogP contribution in [0.25, 0.3) is 0 Å². The molecule has 3 unspecified atom stereocenters. The summed E-state index contributed by atoms with van der Waals surface area (Å²) in [5.74, 6) is -3.09. The highest BCUT2D eigenvalue weighted by Crippen LogP contribution is 2.50. The van der Waals surface area contributed by atoms with E-state index in [1.54, 1.807) is 26.0 Å². The number of carboxylic acids is 1. The van der Waals surface area contributed by atoms with Gasteiger partial charge in [0.2, 0.25) is 0 Å². The van der Waals surface area contributed by atoms with Crippen LogP contribution in [-0.2, 0) is 13.9 Å². The Labute approximate surface area is 164 Å². The van der Waals surface area contributed by atoms with Gasteiger partial charge in [0.1, 0.15) is 11.5 Å². The Balaban J connectivity index is 2.92. The molecule has 0 aliphatic heterocycles. The van der Waals surface area contributed by atoms with Crippen molar-refractivity contribution in [1.82, 2.24) is 5.32 Å². The van der Waals surface area contributed by atoms with Gasteiger partial charge in [-0.05, 0) is 56.0 Å². The molecule has 28 heavy (non-hydrogen) atoms. The smallest absolute Gasteiger partial charge is 0.351 e. The minimum absolute atomic E-state index is 0.0499. The lowest BCUT2D eigenvalue weighted by Crippen LogP contribution is -2.40. The third kappa shape index (κ3) is 7.24. The average Bonchev–Trinajstić information content (AvgIpc) is 2.64. The predicted molar refractivity (Wildman–Crippen MR) is 104 cm³/mol. The zero-order valence-corrected chi connectivity index (χ0v) is 17.2. The molecule has 0 saturated carbocycles. The van der Waals surface area contributed by atoms with Crippen molar-refractivity contribution in [2.24, 2.45) is 11.7 Å². The van der Waals surface area contributed by atoms with Crippen LogP contribution in [0.15, 0.2) is 24.3 Å². The molecule has 0 radical (unpaired) electrons.